The molecule has 4 rings (SSSR count). The van der Waals surface area contributed by atoms with Gasteiger partial charge in [-0.05, 0) is 61.1 Å². The fourth-order valence-electron chi connectivity index (χ4n) is 3.21. The van der Waals surface area contributed by atoms with E-state index in [2.05, 4.69) is 44.3 Å². The zero-order valence-corrected chi connectivity index (χ0v) is 14.5. The largest absolute Gasteiger partial charge is 0.492 e. The van der Waals surface area contributed by atoms with Gasteiger partial charge in [-0.1, -0.05) is 25.1 Å². The van der Waals surface area contributed by atoms with Crippen LogP contribution in [-0.2, 0) is 6.54 Å². The number of benzene rings is 2. The van der Waals surface area contributed by atoms with Gasteiger partial charge in [0.1, 0.15) is 5.75 Å². The fraction of sp³-hybridized carbons (Fsp3) is 0.381. The van der Waals surface area contributed by atoms with Gasteiger partial charge in [-0.3, -0.25) is 4.79 Å². The monoisotopic (exact) mass is 321 g/mol. The Morgan fingerprint density at radius 3 is 2.62 bits per heavy atom. The summed E-state index contributed by atoms with van der Waals surface area (Å²) in [5.74, 6) is 1.01. The van der Waals surface area contributed by atoms with Crippen molar-refractivity contribution in [1.29, 1.82) is 0 Å². The van der Waals surface area contributed by atoms with Crippen LogP contribution in [0.2, 0.25) is 0 Å². The molecule has 2 aromatic rings. The lowest BCUT2D eigenvalue weighted by Gasteiger charge is -2.19. The van der Waals surface area contributed by atoms with E-state index in [1.54, 1.807) is 0 Å². The summed E-state index contributed by atoms with van der Waals surface area (Å²) in [7, 11) is 0. The van der Waals surface area contributed by atoms with Crippen molar-refractivity contribution >= 4 is 5.91 Å². The highest BCUT2D eigenvalue weighted by atomic mass is 16.5. The van der Waals surface area contributed by atoms with Gasteiger partial charge in [0, 0.05) is 23.1 Å². The summed E-state index contributed by atoms with van der Waals surface area (Å²) in [5.41, 5.74) is 6.88. The molecular weight excluding hydrogens is 298 g/mol. The molecule has 0 saturated heterocycles. The summed E-state index contributed by atoms with van der Waals surface area (Å²) in [6.07, 6.45) is 2.50. The van der Waals surface area contributed by atoms with Gasteiger partial charge in [0.15, 0.2) is 0 Å². The van der Waals surface area contributed by atoms with Gasteiger partial charge in [-0.15, -0.1) is 0 Å². The number of ether oxygens (including phenoxy) is 1. The van der Waals surface area contributed by atoms with Crippen molar-refractivity contribution in [1.82, 2.24) is 5.32 Å². The number of rotatable bonds is 4. The van der Waals surface area contributed by atoms with Crippen LogP contribution in [0, 0.1) is 19.3 Å². The number of carbonyl (C=O) groups excluding carboxylic acids is 1. The second-order valence-corrected chi connectivity index (χ2v) is 7.54. The minimum Gasteiger partial charge on any atom is -0.492 e. The van der Waals surface area contributed by atoms with Crippen LogP contribution in [0.15, 0.2) is 30.3 Å². The van der Waals surface area contributed by atoms with Crippen LogP contribution in [0.3, 0.4) is 0 Å². The smallest absolute Gasteiger partial charge is 0.251 e. The summed E-state index contributed by atoms with van der Waals surface area (Å²) in [5, 5.41) is 2.88. The van der Waals surface area contributed by atoms with Gasteiger partial charge in [-0.25, -0.2) is 0 Å². The van der Waals surface area contributed by atoms with Crippen LogP contribution in [-0.4, -0.2) is 12.5 Å². The molecule has 0 atom stereocenters. The van der Waals surface area contributed by atoms with E-state index in [1.807, 2.05) is 12.1 Å². The second-order valence-electron chi connectivity index (χ2n) is 7.54. The molecule has 1 heterocycles. The molecule has 0 radical (unpaired) electrons. The third kappa shape index (κ3) is 2.58. The number of amides is 1. The average molecular weight is 321 g/mol. The van der Waals surface area contributed by atoms with Gasteiger partial charge in [0.05, 0.1) is 6.61 Å². The number of hydrogen-bond acceptors (Lipinski definition) is 2. The molecule has 3 heteroatoms. The van der Waals surface area contributed by atoms with Crippen molar-refractivity contribution in [2.45, 2.75) is 40.2 Å². The van der Waals surface area contributed by atoms with Gasteiger partial charge in [0.25, 0.3) is 5.91 Å². The quantitative estimate of drug-likeness (QED) is 0.907. The van der Waals surface area contributed by atoms with E-state index >= 15 is 0 Å². The van der Waals surface area contributed by atoms with Crippen LogP contribution in [0.1, 0.15) is 46.8 Å². The molecule has 0 unspecified atom stereocenters. The van der Waals surface area contributed by atoms with Crippen molar-refractivity contribution in [3.05, 3.63) is 52.6 Å². The first-order chi connectivity index (χ1) is 11.5. The first kappa shape index (κ1) is 15.3. The van der Waals surface area contributed by atoms with E-state index in [9.17, 15) is 4.79 Å². The molecule has 2 aliphatic rings. The average Bonchev–Trinajstić information content (AvgIpc) is 3.20. The molecule has 3 nitrogen and oxygen atoms in total. The van der Waals surface area contributed by atoms with Crippen LogP contribution in [0.5, 0.6) is 5.75 Å². The lowest BCUT2D eigenvalue weighted by atomic mass is 9.96. The maximum Gasteiger partial charge on any atom is 0.251 e. The highest BCUT2D eigenvalue weighted by Gasteiger charge is 2.38. The zero-order chi connectivity index (χ0) is 16.9. The number of hydrogen-bond donors (Lipinski definition) is 1. The Labute approximate surface area is 143 Å². The summed E-state index contributed by atoms with van der Waals surface area (Å²) in [4.78, 5) is 11.8. The highest BCUT2D eigenvalue weighted by molar-refractivity contribution is 5.99. The maximum atomic E-state index is 11.8. The summed E-state index contributed by atoms with van der Waals surface area (Å²) >= 11 is 0. The number of fused-ring (bicyclic) bond motifs is 1. The fourth-order valence-corrected chi connectivity index (χ4v) is 3.21. The standard InChI is InChI=1S/C21H23NO2/c1-13-4-6-17(19(14(13)2)24-12-21(3)8-9-21)15-5-7-18-16(10-15)11-22-20(18)23/h4-7,10H,8-9,11-12H2,1-3H3,(H,22,23). The molecule has 124 valence electrons. The third-order valence-corrected chi connectivity index (χ3v) is 5.45. The van der Waals surface area contributed by atoms with E-state index in [-0.39, 0.29) is 5.91 Å². The van der Waals surface area contributed by atoms with E-state index in [1.165, 1.54) is 24.0 Å². The summed E-state index contributed by atoms with van der Waals surface area (Å²) in [6.45, 7) is 7.92. The molecule has 1 amide bonds. The van der Waals surface area contributed by atoms with Crippen molar-refractivity contribution in [2.75, 3.05) is 6.61 Å². The summed E-state index contributed by atoms with van der Waals surface area (Å²) in [6, 6.07) is 10.3. The van der Waals surface area contributed by atoms with Gasteiger partial charge < -0.3 is 10.1 Å². The van der Waals surface area contributed by atoms with Gasteiger partial charge >= 0.3 is 0 Å². The Morgan fingerprint density at radius 2 is 1.88 bits per heavy atom. The minimum absolute atomic E-state index is 0.0229. The molecule has 1 fully saturated rings. The minimum atomic E-state index is 0.0229. The Hall–Kier alpha value is -2.29. The molecule has 1 aliphatic heterocycles. The van der Waals surface area contributed by atoms with Crippen molar-refractivity contribution in [3.63, 3.8) is 0 Å². The molecular formula is C21H23NO2. The van der Waals surface area contributed by atoms with E-state index in [0.29, 0.717) is 12.0 Å². The third-order valence-electron chi connectivity index (χ3n) is 5.45. The Balaban J connectivity index is 1.74. The zero-order valence-electron chi connectivity index (χ0n) is 14.5. The molecule has 0 spiro atoms. The van der Waals surface area contributed by atoms with Crippen molar-refractivity contribution in [3.8, 4) is 16.9 Å². The lowest BCUT2D eigenvalue weighted by Crippen LogP contribution is -2.12. The molecule has 0 aromatic heterocycles. The number of nitrogens with one attached hydrogen (secondary N) is 1. The number of carbonyl (C=O) groups is 1. The first-order valence-electron chi connectivity index (χ1n) is 8.61. The molecule has 24 heavy (non-hydrogen) atoms. The topological polar surface area (TPSA) is 38.3 Å². The molecule has 1 N–H and O–H groups in total. The number of aryl methyl sites for hydroxylation is 1. The normalized spacial score (nSPS) is 17.4. The van der Waals surface area contributed by atoms with Crippen LogP contribution >= 0.6 is 0 Å². The molecule has 0 bridgehead atoms. The van der Waals surface area contributed by atoms with Crippen molar-refractivity contribution in [2.24, 2.45) is 5.41 Å². The van der Waals surface area contributed by atoms with Gasteiger partial charge in [0.2, 0.25) is 0 Å². The van der Waals surface area contributed by atoms with Crippen LogP contribution in [0.25, 0.3) is 11.1 Å². The maximum absolute atomic E-state index is 11.8. The molecule has 1 aliphatic carbocycles. The Kier molecular flexibility index (Phi) is 3.41. The molecule has 1 saturated carbocycles. The van der Waals surface area contributed by atoms with Crippen LogP contribution in [0.4, 0.5) is 0 Å². The van der Waals surface area contributed by atoms with E-state index < -0.39 is 0 Å². The van der Waals surface area contributed by atoms with Crippen LogP contribution < -0.4 is 10.1 Å². The summed E-state index contributed by atoms with van der Waals surface area (Å²) < 4.78 is 6.29. The Bertz CT molecular complexity index is 834. The van der Waals surface area contributed by atoms with Gasteiger partial charge in [-0.2, -0.15) is 0 Å². The highest BCUT2D eigenvalue weighted by Crippen LogP contribution is 2.46. The van der Waals surface area contributed by atoms with E-state index in [0.717, 1.165) is 34.6 Å². The first-order valence-corrected chi connectivity index (χ1v) is 8.61. The predicted octanol–water partition coefficient (Wildman–Crippen LogP) is 4.39. The SMILES string of the molecule is Cc1ccc(-c2ccc3c(c2)CNC3=O)c(OCC2(C)CC2)c1C. The molecule has 2 aromatic carbocycles. The Morgan fingerprint density at radius 1 is 1.12 bits per heavy atom. The van der Waals surface area contributed by atoms with Crippen molar-refractivity contribution < 1.29 is 9.53 Å². The second kappa shape index (κ2) is 5.37. The predicted molar refractivity (Wildman–Crippen MR) is 95.4 cm³/mol. The lowest BCUT2D eigenvalue weighted by molar-refractivity contribution is 0.0966. The van der Waals surface area contributed by atoms with E-state index in [4.69, 9.17) is 4.74 Å².